The number of pyridine rings is 1. The molecule has 2 fully saturated rings. The Kier molecular flexibility index (Phi) is 6.46. The lowest BCUT2D eigenvalue weighted by atomic mass is 9.95. The lowest BCUT2D eigenvalue weighted by molar-refractivity contribution is 0.107. The highest BCUT2D eigenvalue weighted by molar-refractivity contribution is 5.38. The number of nitrogens with zero attached hydrogens (tertiary/aromatic N) is 6. The summed E-state index contributed by atoms with van der Waals surface area (Å²) in [5, 5.41) is 9.42. The molecule has 7 heteroatoms. The maximum Gasteiger partial charge on any atom is 0.147 e. The van der Waals surface area contributed by atoms with Crippen molar-refractivity contribution in [2.75, 3.05) is 38.2 Å². The minimum absolute atomic E-state index is 0.330. The molecule has 1 aromatic carbocycles. The first-order valence-corrected chi connectivity index (χ1v) is 11.7. The molecular formula is C25H32N6O. The number of benzene rings is 1. The van der Waals surface area contributed by atoms with Gasteiger partial charge in [-0.3, -0.25) is 4.90 Å². The molecule has 4 heterocycles. The molecule has 7 nitrogen and oxygen atoms in total. The van der Waals surface area contributed by atoms with Crippen LogP contribution in [0.25, 0.3) is 0 Å². The average Bonchev–Trinajstić information content (AvgIpc) is 3.48. The quantitative estimate of drug-likeness (QED) is 0.571. The second-order valence-corrected chi connectivity index (χ2v) is 8.88. The van der Waals surface area contributed by atoms with Crippen LogP contribution in [0, 0.1) is 0 Å². The SMILES string of the molecule is CO[C@H]1CCN(Cc2nnc(C3CCN(c4ccccn4)CC3)n2Cc2ccccc2)C1. The van der Waals surface area contributed by atoms with Crippen LogP contribution in [-0.4, -0.2) is 64.0 Å². The number of methoxy groups -OCH3 is 1. The lowest BCUT2D eigenvalue weighted by Crippen LogP contribution is -2.34. The second-order valence-electron chi connectivity index (χ2n) is 8.88. The molecule has 0 unspecified atom stereocenters. The van der Waals surface area contributed by atoms with Crippen LogP contribution in [0.3, 0.4) is 0 Å². The summed E-state index contributed by atoms with van der Waals surface area (Å²) in [7, 11) is 1.81. The summed E-state index contributed by atoms with van der Waals surface area (Å²) in [6, 6.07) is 16.8. The maximum absolute atomic E-state index is 5.56. The second kappa shape index (κ2) is 9.79. The molecule has 2 saturated heterocycles. The van der Waals surface area contributed by atoms with Gasteiger partial charge in [0.1, 0.15) is 17.5 Å². The third-order valence-corrected chi connectivity index (χ3v) is 6.80. The standard InChI is InChI=1S/C25H32N6O/c1-32-22-12-14-29(18-22)19-24-27-28-25(31(24)17-20-7-3-2-4-8-20)21-10-15-30(16-11-21)23-9-5-6-13-26-23/h2-9,13,21-22H,10-12,14-19H2,1H3/t22-/m0/s1. The highest BCUT2D eigenvalue weighted by Gasteiger charge is 2.29. The number of aromatic nitrogens is 4. The number of ether oxygens (including phenoxy) is 1. The molecule has 0 bridgehead atoms. The summed E-state index contributed by atoms with van der Waals surface area (Å²) >= 11 is 0. The summed E-state index contributed by atoms with van der Waals surface area (Å²) in [5.74, 6) is 3.68. The Morgan fingerprint density at radius 2 is 1.72 bits per heavy atom. The number of hydrogen-bond donors (Lipinski definition) is 0. The first-order valence-electron chi connectivity index (χ1n) is 11.7. The van der Waals surface area contributed by atoms with E-state index in [0.29, 0.717) is 12.0 Å². The van der Waals surface area contributed by atoms with Gasteiger partial charge in [-0.25, -0.2) is 4.98 Å². The molecule has 0 amide bonds. The van der Waals surface area contributed by atoms with Gasteiger partial charge in [0.25, 0.3) is 0 Å². The molecule has 32 heavy (non-hydrogen) atoms. The van der Waals surface area contributed by atoms with Crippen LogP contribution < -0.4 is 4.90 Å². The van der Waals surface area contributed by atoms with E-state index in [9.17, 15) is 0 Å². The highest BCUT2D eigenvalue weighted by atomic mass is 16.5. The van der Waals surface area contributed by atoms with E-state index in [1.165, 1.54) is 5.56 Å². The summed E-state index contributed by atoms with van der Waals surface area (Å²) < 4.78 is 7.93. The molecule has 2 aliphatic heterocycles. The van der Waals surface area contributed by atoms with Gasteiger partial charge in [0, 0.05) is 45.4 Å². The lowest BCUT2D eigenvalue weighted by Gasteiger charge is -2.32. The van der Waals surface area contributed by atoms with Crippen LogP contribution >= 0.6 is 0 Å². The van der Waals surface area contributed by atoms with E-state index in [1.807, 2.05) is 19.4 Å². The number of rotatable bonds is 7. The first kappa shape index (κ1) is 21.1. The van der Waals surface area contributed by atoms with Gasteiger partial charge in [-0.1, -0.05) is 36.4 Å². The summed E-state index contributed by atoms with van der Waals surface area (Å²) in [5.41, 5.74) is 1.29. The molecule has 0 aliphatic carbocycles. The Labute approximate surface area is 190 Å². The van der Waals surface area contributed by atoms with Gasteiger partial charge < -0.3 is 14.2 Å². The molecule has 0 spiro atoms. The van der Waals surface area contributed by atoms with E-state index in [1.54, 1.807) is 0 Å². The van der Waals surface area contributed by atoms with Gasteiger partial charge >= 0.3 is 0 Å². The zero-order valence-corrected chi connectivity index (χ0v) is 18.8. The molecule has 0 saturated carbocycles. The Morgan fingerprint density at radius 1 is 0.906 bits per heavy atom. The van der Waals surface area contributed by atoms with Crippen LogP contribution in [0.1, 0.15) is 42.4 Å². The Morgan fingerprint density at radius 3 is 2.44 bits per heavy atom. The fraction of sp³-hybridized carbons (Fsp3) is 0.480. The van der Waals surface area contributed by atoms with Gasteiger partial charge in [-0.15, -0.1) is 10.2 Å². The summed E-state index contributed by atoms with van der Waals surface area (Å²) in [6.07, 6.45) is 5.42. The van der Waals surface area contributed by atoms with Crippen molar-refractivity contribution < 1.29 is 4.74 Å². The Hall–Kier alpha value is -2.77. The monoisotopic (exact) mass is 432 g/mol. The van der Waals surface area contributed by atoms with Gasteiger partial charge in [0.05, 0.1) is 19.2 Å². The number of likely N-dealkylation sites (tertiary alicyclic amines) is 1. The maximum atomic E-state index is 5.56. The van der Waals surface area contributed by atoms with Crippen molar-refractivity contribution in [1.29, 1.82) is 0 Å². The van der Waals surface area contributed by atoms with Crippen LogP contribution in [-0.2, 0) is 17.8 Å². The number of hydrogen-bond acceptors (Lipinski definition) is 6. The minimum atomic E-state index is 0.330. The van der Waals surface area contributed by atoms with Crippen molar-refractivity contribution in [1.82, 2.24) is 24.6 Å². The van der Waals surface area contributed by atoms with Crippen LogP contribution in [0.15, 0.2) is 54.7 Å². The van der Waals surface area contributed by atoms with Crippen molar-refractivity contribution in [2.45, 2.75) is 44.4 Å². The zero-order chi connectivity index (χ0) is 21.8. The molecular weight excluding hydrogens is 400 g/mol. The van der Waals surface area contributed by atoms with Crippen molar-refractivity contribution in [2.24, 2.45) is 0 Å². The fourth-order valence-corrected chi connectivity index (χ4v) is 4.95. The fourth-order valence-electron chi connectivity index (χ4n) is 4.95. The van der Waals surface area contributed by atoms with E-state index in [0.717, 1.165) is 76.0 Å². The topological polar surface area (TPSA) is 59.3 Å². The summed E-state index contributed by atoms with van der Waals surface area (Å²) in [6.45, 7) is 5.65. The number of anilines is 1. The molecule has 1 atom stereocenters. The summed E-state index contributed by atoms with van der Waals surface area (Å²) in [4.78, 5) is 9.34. The molecule has 0 N–H and O–H groups in total. The van der Waals surface area contributed by atoms with Crippen molar-refractivity contribution in [3.8, 4) is 0 Å². The van der Waals surface area contributed by atoms with E-state index >= 15 is 0 Å². The van der Waals surface area contributed by atoms with E-state index < -0.39 is 0 Å². The van der Waals surface area contributed by atoms with Gasteiger partial charge in [0.15, 0.2) is 0 Å². The van der Waals surface area contributed by atoms with E-state index in [-0.39, 0.29) is 0 Å². The van der Waals surface area contributed by atoms with Gasteiger partial charge in [0.2, 0.25) is 0 Å². The van der Waals surface area contributed by atoms with E-state index in [4.69, 9.17) is 9.84 Å². The molecule has 2 aromatic heterocycles. The molecule has 2 aliphatic rings. The van der Waals surface area contributed by atoms with Gasteiger partial charge in [-0.05, 0) is 37.0 Å². The minimum Gasteiger partial charge on any atom is -0.380 e. The Bertz CT molecular complexity index is 984. The smallest absolute Gasteiger partial charge is 0.147 e. The highest BCUT2D eigenvalue weighted by Crippen LogP contribution is 2.30. The van der Waals surface area contributed by atoms with Crippen LogP contribution in [0.4, 0.5) is 5.82 Å². The third-order valence-electron chi connectivity index (χ3n) is 6.80. The van der Waals surface area contributed by atoms with Crippen LogP contribution in [0.2, 0.25) is 0 Å². The predicted molar refractivity (Wildman–Crippen MR) is 125 cm³/mol. The van der Waals surface area contributed by atoms with E-state index in [2.05, 4.69) is 66.9 Å². The number of piperidine rings is 1. The molecule has 5 rings (SSSR count). The average molecular weight is 433 g/mol. The third kappa shape index (κ3) is 4.69. The Balaban J connectivity index is 1.34. The zero-order valence-electron chi connectivity index (χ0n) is 18.8. The van der Waals surface area contributed by atoms with Crippen molar-refractivity contribution >= 4 is 5.82 Å². The molecule has 168 valence electrons. The van der Waals surface area contributed by atoms with Crippen LogP contribution in [0.5, 0.6) is 0 Å². The molecule has 3 aromatic rings. The van der Waals surface area contributed by atoms with Crippen molar-refractivity contribution in [3.05, 3.63) is 71.9 Å². The first-order chi connectivity index (χ1) is 15.8. The normalized spacial score (nSPS) is 20.2. The largest absolute Gasteiger partial charge is 0.380 e. The predicted octanol–water partition coefficient (Wildman–Crippen LogP) is 3.33. The molecule has 0 radical (unpaired) electrons. The van der Waals surface area contributed by atoms with Crippen molar-refractivity contribution in [3.63, 3.8) is 0 Å². The van der Waals surface area contributed by atoms with Gasteiger partial charge in [-0.2, -0.15) is 0 Å².